The molecule has 27 heavy (non-hydrogen) atoms. The molecule has 0 radical (unpaired) electrons. The van der Waals surface area contributed by atoms with Crippen LogP contribution < -0.4 is 0 Å². The summed E-state index contributed by atoms with van der Waals surface area (Å²) in [7, 11) is 0. The van der Waals surface area contributed by atoms with Crippen molar-refractivity contribution < 1.29 is 14.6 Å². The summed E-state index contributed by atoms with van der Waals surface area (Å²) in [6.07, 6.45) is 1.62. The fourth-order valence-electron chi connectivity index (χ4n) is 3.87. The predicted molar refractivity (Wildman–Crippen MR) is 107 cm³/mol. The molecule has 0 saturated carbocycles. The molecule has 1 unspecified atom stereocenters. The Morgan fingerprint density at radius 2 is 1.70 bits per heavy atom. The maximum Gasteiger partial charge on any atom is 0.307 e. The molecule has 1 fully saturated rings. The number of hydrogen-bond acceptors (Lipinski definition) is 3. The fraction of sp³-hybridized carbons (Fsp3) is 0.435. The van der Waals surface area contributed by atoms with E-state index < -0.39 is 5.97 Å². The van der Waals surface area contributed by atoms with Crippen LogP contribution in [0.25, 0.3) is 0 Å². The fourth-order valence-corrected chi connectivity index (χ4v) is 3.87. The molecule has 0 aliphatic carbocycles. The van der Waals surface area contributed by atoms with E-state index in [0.29, 0.717) is 13.2 Å². The summed E-state index contributed by atoms with van der Waals surface area (Å²) >= 11 is 0. The van der Waals surface area contributed by atoms with Gasteiger partial charge in [0.2, 0.25) is 0 Å². The molecular weight excluding hydrogens is 338 g/mol. The number of carboxylic acids is 1. The smallest absolute Gasteiger partial charge is 0.307 e. The van der Waals surface area contributed by atoms with Gasteiger partial charge in [0.15, 0.2) is 0 Å². The topological polar surface area (TPSA) is 49.8 Å². The van der Waals surface area contributed by atoms with Crippen molar-refractivity contribution in [2.75, 3.05) is 26.2 Å². The lowest BCUT2D eigenvalue weighted by atomic mass is 9.94. The Labute approximate surface area is 161 Å². The Bertz CT molecular complexity index is 728. The molecule has 1 aliphatic rings. The van der Waals surface area contributed by atoms with E-state index in [2.05, 4.69) is 55.1 Å². The van der Waals surface area contributed by atoms with Gasteiger partial charge in [-0.3, -0.25) is 4.79 Å². The van der Waals surface area contributed by atoms with Gasteiger partial charge in [0.1, 0.15) is 6.10 Å². The Hall–Kier alpha value is -2.17. The van der Waals surface area contributed by atoms with Crippen molar-refractivity contribution >= 4 is 5.97 Å². The third-order valence-corrected chi connectivity index (χ3v) is 5.49. The molecule has 1 N–H and O–H groups in total. The van der Waals surface area contributed by atoms with E-state index in [1.165, 1.54) is 22.3 Å². The maximum absolute atomic E-state index is 11.3. The van der Waals surface area contributed by atoms with Gasteiger partial charge in [0.05, 0.1) is 12.5 Å². The van der Waals surface area contributed by atoms with Gasteiger partial charge >= 0.3 is 5.97 Å². The third kappa shape index (κ3) is 4.96. The van der Waals surface area contributed by atoms with E-state index in [-0.39, 0.29) is 12.0 Å². The quantitative estimate of drug-likeness (QED) is 0.797. The van der Waals surface area contributed by atoms with Gasteiger partial charge in [-0.1, -0.05) is 48.5 Å². The molecule has 144 valence electrons. The summed E-state index contributed by atoms with van der Waals surface area (Å²) in [5.74, 6) is -0.930. The number of piperidine rings is 1. The number of nitrogens with zero attached hydrogens (tertiary/aromatic N) is 1. The van der Waals surface area contributed by atoms with Gasteiger partial charge in [0, 0.05) is 13.1 Å². The highest BCUT2D eigenvalue weighted by atomic mass is 16.5. The standard InChI is InChI=1S/C23H29NO3/c1-17-8-3-5-11-20(17)22(21-12-6-4-9-18(21)2)27-15-14-24-13-7-10-19(16-24)23(25)26/h3-6,8-9,11-12,19,22H,7,10,13-16H2,1-2H3,(H,25,26). The summed E-state index contributed by atoms with van der Waals surface area (Å²) in [5.41, 5.74) is 4.81. The van der Waals surface area contributed by atoms with E-state index in [9.17, 15) is 9.90 Å². The van der Waals surface area contributed by atoms with Crippen LogP contribution >= 0.6 is 0 Å². The minimum atomic E-state index is -0.682. The first-order valence-corrected chi connectivity index (χ1v) is 9.74. The van der Waals surface area contributed by atoms with Crippen molar-refractivity contribution in [3.05, 3.63) is 70.8 Å². The molecule has 0 spiro atoms. The molecule has 2 aromatic rings. The first kappa shape index (κ1) is 19.6. The Kier molecular flexibility index (Phi) is 6.64. The first-order chi connectivity index (χ1) is 13.1. The summed E-state index contributed by atoms with van der Waals surface area (Å²) in [4.78, 5) is 13.5. The maximum atomic E-state index is 11.3. The van der Waals surface area contributed by atoms with Gasteiger partial charge in [0.25, 0.3) is 0 Å². The lowest BCUT2D eigenvalue weighted by Crippen LogP contribution is -2.40. The highest BCUT2D eigenvalue weighted by molar-refractivity contribution is 5.70. The van der Waals surface area contributed by atoms with Crippen molar-refractivity contribution in [2.24, 2.45) is 5.92 Å². The van der Waals surface area contributed by atoms with Crippen LogP contribution in [-0.4, -0.2) is 42.2 Å². The predicted octanol–water partition coefficient (Wildman–Crippen LogP) is 4.21. The van der Waals surface area contributed by atoms with Crippen LogP contribution in [0.3, 0.4) is 0 Å². The largest absolute Gasteiger partial charge is 0.481 e. The number of likely N-dealkylation sites (tertiary alicyclic amines) is 1. The van der Waals surface area contributed by atoms with Gasteiger partial charge in [-0.15, -0.1) is 0 Å². The summed E-state index contributed by atoms with van der Waals surface area (Å²) in [5, 5.41) is 9.27. The number of carbonyl (C=O) groups is 1. The zero-order valence-corrected chi connectivity index (χ0v) is 16.2. The minimum Gasteiger partial charge on any atom is -0.481 e. The highest BCUT2D eigenvalue weighted by Crippen LogP contribution is 2.30. The number of carboxylic acid groups (broad SMARTS) is 1. The first-order valence-electron chi connectivity index (χ1n) is 9.74. The van der Waals surface area contributed by atoms with Gasteiger partial charge < -0.3 is 14.7 Å². The Morgan fingerprint density at radius 3 is 2.26 bits per heavy atom. The van der Waals surface area contributed by atoms with Crippen molar-refractivity contribution in [1.82, 2.24) is 4.90 Å². The van der Waals surface area contributed by atoms with E-state index in [0.717, 1.165) is 25.9 Å². The SMILES string of the molecule is Cc1ccccc1C(OCCN1CCCC(C(=O)O)C1)c1ccccc1C. The molecular formula is C23H29NO3. The van der Waals surface area contributed by atoms with Crippen LogP contribution in [0.5, 0.6) is 0 Å². The second kappa shape index (κ2) is 9.16. The minimum absolute atomic E-state index is 0.104. The number of aryl methyl sites for hydroxylation is 2. The van der Waals surface area contributed by atoms with Crippen molar-refractivity contribution in [2.45, 2.75) is 32.8 Å². The molecule has 0 aromatic heterocycles. The van der Waals surface area contributed by atoms with E-state index >= 15 is 0 Å². The van der Waals surface area contributed by atoms with Crippen LogP contribution in [0.1, 0.15) is 41.2 Å². The van der Waals surface area contributed by atoms with Crippen LogP contribution in [-0.2, 0) is 9.53 Å². The lowest BCUT2D eigenvalue weighted by Gasteiger charge is -2.31. The number of rotatable bonds is 7. The monoisotopic (exact) mass is 367 g/mol. The normalized spacial score (nSPS) is 18.0. The molecule has 4 heteroatoms. The molecule has 1 saturated heterocycles. The average molecular weight is 367 g/mol. The average Bonchev–Trinajstić information content (AvgIpc) is 2.67. The molecule has 2 aromatic carbocycles. The summed E-state index contributed by atoms with van der Waals surface area (Å²) < 4.78 is 6.39. The third-order valence-electron chi connectivity index (χ3n) is 5.49. The highest BCUT2D eigenvalue weighted by Gasteiger charge is 2.25. The molecule has 1 atom stereocenters. The molecule has 1 heterocycles. The zero-order valence-electron chi connectivity index (χ0n) is 16.2. The molecule has 1 aliphatic heterocycles. The van der Waals surface area contributed by atoms with Crippen molar-refractivity contribution in [1.29, 1.82) is 0 Å². The van der Waals surface area contributed by atoms with Crippen molar-refractivity contribution in [3.8, 4) is 0 Å². The Balaban J connectivity index is 1.70. The van der Waals surface area contributed by atoms with E-state index in [1.54, 1.807) is 0 Å². The van der Waals surface area contributed by atoms with E-state index in [1.807, 2.05) is 12.1 Å². The number of ether oxygens (including phenoxy) is 1. The molecule has 3 rings (SSSR count). The van der Waals surface area contributed by atoms with Gasteiger partial charge in [-0.25, -0.2) is 0 Å². The second-order valence-corrected chi connectivity index (χ2v) is 7.44. The van der Waals surface area contributed by atoms with Crippen LogP contribution in [0.4, 0.5) is 0 Å². The number of aliphatic carboxylic acids is 1. The Morgan fingerprint density at radius 1 is 1.11 bits per heavy atom. The van der Waals surface area contributed by atoms with Crippen LogP contribution in [0.15, 0.2) is 48.5 Å². The lowest BCUT2D eigenvalue weighted by molar-refractivity contribution is -0.143. The van der Waals surface area contributed by atoms with Crippen molar-refractivity contribution in [3.63, 3.8) is 0 Å². The van der Waals surface area contributed by atoms with E-state index in [4.69, 9.17) is 4.74 Å². The molecule has 4 nitrogen and oxygen atoms in total. The van der Waals surface area contributed by atoms with Crippen LogP contribution in [0, 0.1) is 19.8 Å². The van der Waals surface area contributed by atoms with Gasteiger partial charge in [-0.05, 0) is 55.5 Å². The number of hydrogen-bond donors (Lipinski definition) is 1. The molecule has 0 bridgehead atoms. The zero-order chi connectivity index (χ0) is 19.2. The van der Waals surface area contributed by atoms with Crippen LogP contribution in [0.2, 0.25) is 0 Å². The second-order valence-electron chi connectivity index (χ2n) is 7.44. The van der Waals surface area contributed by atoms with Gasteiger partial charge in [-0.2, -0.15) is 0 Å². The number of benzene rings is 2. The summed E-state index contributed by atoms with van der Waals surface area (Å²) in [6.45, 7) is 7.15. The summed E-state index contributed by atoms with van der Waals surface area (Å²) in [6, 6.07) is 16.7. The molecule has 0 amide bonds.